The van der Waals surface area contributed by atoms with Crippen LogP contribution in [0.3, 0.4) is 0 Å². The summed E-state index contributed by atoms with van der Waals surface area (Å²) in [6.45, 7) is 13.3. The maximum atomic E-state index is 12.2. The fourth-order valence-electron chi connectivity index (χ4n) is 7.58. The smallest absolute Gasteiger partial charge is 0.156 e. The van der Waals surface area contributed by atoms with Gasteiger partial charge in [-0.25, -0.2) is 0 Å². The fourth-order valence-corrected chi connectivity index (χ4v) is 7.58. The van der Waals surface area contributed by atoms with Crippen LogP contribution >= 0.6 is 0 Å². The quantitative estimate of drug-likeness (QED) is 0.662. The second-order valence-electron chi connectivity index (χ2n) is 9.88. The lowest BCUT2D eigenvalue weighted by molar-refractivity contribution is -0.129. The van der Waals surface area contributed by atoms with Crippen molar-refractivity contribution in [3.05, 3.63) is 23.8 Å². The van der Waals surface area contributed by atoms with Crippen LogP contribution in [0.2, 0.25) is 0 Å². The molecule has 136 valence electrons. The Hall–Kier alpha value is -1.18. The van der Waals surface area contributed by atoms with Crippen LogP contribution in [0.1, 0.15) is 66.2 Å². The van der Waals surface area contributed by atoms with Gasteiger partial charge in [0.1, 0.15) is 5.78 Å². The van der Waals surface area contributed by atoms with Gasteiger partial charge in [0.05, 0.1) is 0 Å². The van der Waals surface area contributed by atoms with Gasteiger partial charge >= 0.3 is 0 Å². The summed E-state index contributed by atoms with van der Waals surface area (Å²) < 4.78 is 0. The number of hydrogen-bond donors (Lipinski definition) is 0. The van der Waals surface area contributed by atoms with E-state index >= 15 is 0 Å². The number of carbonyl (C=O) groups excluding carboxylic acids is 2. The summed E-state index contributed by atoms with van der Waals surface area (Å²) in [6.07, 6.45) is 8.24. The number of rotatable bonds is 1. The lowest BCUT2D eigenvalue weighted by atomic mass is 9.44. The molecule has 0 amide bonds. The maximum Gasteiger partial charge on any atom is 0.156 e. The van der Waals surface area contributed by atoms with E-state index in [-0.39, 0.29) is 22.5 Å². The molecule has 7 atom stereocenters. The molecule has 4 rings (SSSR count). The molecule has 4 aliphatic rings. The van der Waals surface area contributed by atoms with Crippen LogP contribution in [0, 0.1) is 40.4 Å². The van der Waals surface area contributed by atoms with Crippen molar-refractivity contribution >= 4 is 11.6 Å². The minimum Gasteiger partial charge on any atom is -0.300 e. The highest BCUT2D eigenvalue weighted by molar-refractivity contribution is 5.93. The first-order valence-electron chi connectivity index (χ1n) is 10.1. The van der Waals surface area contributed by atoms with Gasteiger partial charge in [0.2, 0.25) is 0 Å². The average Bonchev–Trinajstić information content (AvgIpc) is 2.88. The molecule has 0 radical (unpaired) electrons. The van der Waals surface area contributed by atoms with Crippen LogP contribution < -0.4 is 0 Å². The van der Waals surface area contributed by atoms with E-state index < -0.39 is 0 Å². The van der Waals surface area contributed by atoms with Crippen LogP contribution in [0.15, 0.2) is 23.8 Å². The summed E-state index contributed by atoms with van der Waals surface area (Å²) >= 11 is 0. The number of carbonyl (C=O) groups is 2. The SMILES string of the molecule is C=C1C[C@H]2[C@@H]3CC[C@H](C(C)=O)[C@@]3(C)CC[C@@H]2[C@]2(C)C1=CC(=O)CC2C. The van der Waals surface area contributed by atoms with Gasteiger partial charge in [-0.1, -0.05) is 32.9 Å². The third-order valence-electron chi connectivity index (χ3n) is 8.98. The highest BCUT2D eigenvalue weighted by atomic mass is 16.1. The van der Waals surface area contributed by atoms with Gasteiger partial charge in [0.25, 0.3) is 0 Å². The molecule has 0 aromatic rings. The monoisotopic (exact) mass is 340 g/mol. The van der Waals surface area contributed by atoms with Crippen LogP contribution in [0.4, 0.5) is 0 Å². The number of allylic oxidation sites excluding steroid dienone is 2. The van der Waals surface area contributed by atoms with Crippen molar-refractivity contribution in [1.82, 2.24) is 0 Å². The van der Waals surface area contributed by atoms with E-state index in [1.54, 1.807) is 6.92 Å². The molecule has 1 unspecified atom stereocenters. The molecular formula is C23H32O2. The van der Waals surface area contributed by atoms with E-state index in [0.29, 0.717) is 35.9 Å². The van der Waals surface area contributed by atoms with Crippen LogP contribution in [0.5, 0.6) is 0 Å². The molecule has 0 spiro atoms. The van der Waals surface area contributed by atoms with E-state index in [0.717, 1.165) is 12.8 Å². The Bertz CT molecular complexity index is 686. The normalized spacial score (nSPS) is 49.1. The van der Waals surface area contributed by atoms with Gasteiger partial charge in [0.15, 0.2) is 5.78 Å². The highest BCUT2D eigenvalue weighted by Crippen LogP contribution is 2.68. The Morgan fingerprint density at radius 1 is 1.16 bits per heavy atom. The first-order valence-corrected chi connectivity index (χ1v) is 10.1. The molecule has 0 aromatic heterocycles. The molecular weight excluding hydrogens is 308 g/mol. The maximum absolute atomic E-state index is 12.2. The van der Waals surface area contributed by atoms with E-state index in [9.17, 15) is 9.59 Å². The predicted octanol–water partition coefficient (Wildman–Crippen LogP) is 5.14. The molecule has 3 saturated carbocycles. The topological polar surface area (TPSA) is 34.1 Å². The van der Waals surface area contributed by atoms with Crippen LogP contribution in [-0.4, -0.2) is 11.6 Å². The Kier molecular flexibility index (Phi) is 3.73. The standard InChI is InChI=1S/C23H32O2/c1-13-10-17-19-7-6-18(15(3)24)22(19,4)9-8-20(17)23(5)14(2)11-16(25)12-21(13)23/h12,14,17-20H,1,6-11H2,2-5H3/t14?,17-,18+,19-,20-,22+,23+/m0/s1. The lowest BCUT2D eigenvalue weighted by Crippen LogP contribution is -2.53. The third kappa shape index (κ3) is 2.15. The summed E-state index contributed by atoms with van der Waals surface area (Å²) in [7, 11) is 0. The van der Waals surface area contributed by atoms with E-state index in [1.165, 1.54) is 30.4 Å². The minimum absolute atomic E-state index is 0.0869. The van der Waals surface area contributed by atoms with E-state index in [2.05, 4.69) is 27.4 Å². The Morgan fingerprint density at radius 2 is 1.88 bits per heavy atom. The summed E-state index contributed by atoms with van der Waals surface area (Å²) in [5.41, 5.74) is 2.71. The van der Waals surface area contributed by atoms with Gasteiger partial charge in [-0.15, -0.1) is 0 Å². The number of hydrogen-bond acceptors (Lipinski definition) is 2. The number of Topliss-reactive ketones (excluding diaryl/α,β-unsaturated/α-hetero) is 1. The van der Waals surface area contributed by atoms with Crippen molar-refractivity contribution in [2.24, 2.45) is 40.4 Å². The summed E-state index contributed by atoms with van der Waals surface area (Å²) in [5.74, 6) is 3.21. The van der Waals surface area contributed by atoms with Crippen molar-refractivity contribution < 1.29 is 9.59 Å². The predicted molar refractivity (Wildman–Crippen MR) is 100.0 cm³/mol. The molecule has 0 aromatic carbocycles. The average molecular weight is 341 g/mol. The van der Waals surface area contributed by atoms with Crippen molar-refractivity contribution in [1.29, 1.82) is 0 Å². The summed E-state index contributed by atoms with van der Waals surface area (Å²) in [5, 5.41) is 0. The van der Waals surface area contributed by atoms with E-state index in [1.807, 2.05) is 6.08 Å². The van der Waals surface area contributed by atoms with Crippen molar-refractivity contribution in [3.8, 4) is 0 Å². The first kappa shape index (κ1) is 17.2. The van der Waals surface area contributed by atoms with Crippen molar-refractivity contribution in [2.75, 3.05) is 0 Å². The molecule has 0 N–H and O–H groups in total. The Morgan fingerprint density at radius 3 is 2.56 bits per heavy atom. The molecule has 2 nitrogen and oxygen atoms in total. The molecule has 25 heavy (non-hydrogen) atoms. The zero-order chi connectivity index (χ0) is 18.1. The lowest BCUT2D eigenvalue weighted by Gasteiger charge is -2.60. The molecule has 3 fully saturated rings. The fraction of sp³-hybridized carbons (Fsp3) is 0.739. The highest BCUT2D eigenvalue weighted by Gasteiger charge is 2.61. The largest absolute Gasteiger partial charge is 0.300 e. The second-order valence-corrected chi connectivity index (χ2v) is 9.88. The first-order chi connectivity index (χ1) is 11.7. The summed E-state index contributed by atoms with van der Waals surface area (Å²) in [4.78, 5) is 24.4. The van der Waals surface area contributed by atoms with E-state index in [4.69, 9.17) is 0 Å². The molecule has 4 aliphatic carbocycles. The van der Waals surface area contributed by atoms with Gasteiger partial charge in [-0.3, -0.25) is 9.59 Å². The van der Waals surface area contributed by atoms with Gasteiger partial charge < -0.3 is 0 Å². The van der Waals surface area contributed by atoms with Gasteiger partial charge in [-0.2, -0.15) is 0 Å². The minimum atomic E-state index is 0.0869. The van der Waals surface area contributed by atoms with Crippen molar-refractivity contribution in [3.63, 3.8) is 0 Å². The molecule has 2 heteroatoms. The van der Waals surface area contributed by atoms with Gasteiger partial charge in [-0.05, 0) is 85.2 Å². The van der Waals surface area contributed by atoms with Crippen LogP contribution in [0.25, 0.3) is 0 Å². The van der Waals surface area contributed by atoms with Crippen LogP contribution in [-0.2, 0) is 9.59 Å². The molecule has 0 heterocycles. The number of fused-ring (bicyclic) bond motifs is 5. The summed E-state index contributed by atoms with van der Waals surface area (Å²) in [6, 6.07) is 0. The third-order valence-corrected chi connectivity index (χ3v) is 8.98. The van der Waals surface area contributed by atoms with Crippen molar-refractivity contribution in [2.45, 2.75) is 66.2 Å². The zero-order valence-corrected chi connectivity index (χ0v) is 16.2. The Balaban J connectivity index is 1.75. The zero-order valence-electron chi connectivity index (χ0n) is 16.2. The molecule has 0 aliphatic heterocycles. The van der Waals surface area contributed by atoms with Gasteiger partial charge in [0, 0.05) is 12.3 Å². The number of ketones is 2. The molecule has 0 bridgehead atoms. The Labute approximate surface area is 152 Å². The molecule has 0 saturated heterocycles. The second kappa shape index (κ2) is 5.41.